The van der Waals surface area contributed by atoms with Crippen LogP contribution in [0, 0.1) is 17.2 Å². The SMILES string of the molecule is COC(=O)C(C)CSCC(=O)NC1(C#N)CCCCC1. The van der Waals surface area contributed by atoms with Gasteiger partial charge < -0.3 is 10.1 Å². The quantitative estimate of drug-likeness (QED) is 0.757. The van der Waals surface area contributed by atoms with Gasteiger partial charge in [-0.3, -0.25) is 9.59 Å². The van der Waals surface area contributed by atoms with E-state index >= 15 is 0 Å². The van der Waals surface area contributed by atoms with Gasteiger partial charge in [-0.15, -0.1) is 0 Å². The highest BCUT2D eigenvalue weighted by Gasteiger charge is 2.33. The summed E-state index contributed by atoms with van der Waals surface area (Å²) in [6.07, 6.45) is 4.57. The first kappa shape index (κ1) is 16.8. The van der Waals surface area contributed by atoms with Crippen molar-refractivity contribution < 1.29 is 14.3 Å². The minimum Gasteiger partial charge on any atom is -0.469 e. The molecule has 0 heterocycles. The highest BCUT2D eigenvalue weighted by atomic mass is 32.2. The fourth-order valence-electron chi connectivity index (χ4n) is 2.32. The number of nitriles is 1. The maximum Gasteiger partial charge on any atom is 0.309 e. The highest BCUT2D eigenvalue weighted by molar-refractivity contribution is 7.99. The molecule has 1 aliphatic rings. The Labute approximate surface area is 124 Å². The number of methoxy groups -OCH3 is 1. The highest BCUT2D eigenvalue weighted by Crippen LogP contribution is 2.27. The number of amides is 1. The van der Waals surface area contributed by atoms with Gasteiger partial charge in [0.2, 0.25) is 5.91 Å². The van der Waals surface area contributed by atoms with Crippen molar-refractivity contribution in [2.24, 2.45) is 5.92 Å². The molecule has 1 rings (SSSR count). The number of esters is 1. The van der Waals surface area contributed by atoms with Crippen molar-refractivity contribution in [2.75, 3.05) is 18.6 Å². The summed E-state index contributed by atoms with van der Waals surface area (Å²) in [4.78, 5) is 23.1. The second-order valence-corrected chi connectivity index (χ2v) is 6.27. The minimum atomic E-state index is -0.677. The van der Waals surface area contributed by atoms with Crippen LogP contribution in [0.3, 0.4) is 0 Å². The van der Waals surface area contributed by atoms with E-state index in [4.69, 9.17) is 0 Å². The van der Waals surface area contributed by atoms with Crippen LogP contribution in [-0.2, 0) is 14.3 Å². The molecule has 0 aromatic rings. The van der Waals surface area contributed by atoms with Gasteiger partial charge in [0, 0.05) is 5.75 Å². The lowest BCUT2D eigenvalue weighted by atomic mass is 9.83. The van der Waals surface area contributed by atoms with Gasteiger partial charge >= 0.3 is 5.97 Å². The normalized spacial score (nSPS) is 18.6. The van der Waals surface area contributed by atoms with Crippen LogP contribution in [0.2, 0.25) is 0 Å². The average Bonchev–Trinajstić information content (AvgIpc) is 2.47. The summed E-state index contributed by atoms with van der Waals surface area (Å²) in [6.45, 7) is 1.77. The fourth-order valence-corrected chi connectivity index (χ4v) is 3.19. The minimum absolute atomic E-state index is 0.129. The molecule has 0 bridgehead atoms. The van der Waals surface area contributed by atoms with Crippen molar-refractivity contribution >= 4 is 23.6 Å². The van der Waals surface area contributed by atoms with Crippen LogP contribution in [0.25, 0.3) is 0 Å². The fraction of sp³-hybridized carbons (Fsp3) is 0.786. The molecule has 1 fully saturated rings. The number of rotatable bonds is 6. The Morgan fingerprint density at radius 3 is 2.60 bits per heavy atom. The van der Waals surface area contributed by atoms with Gasteiger partial charge in [-0.05, 0) is 12.8 Å². The summed E-state index contributed by atoms with van der Waals surface area (Å²) in [5, 5.41) is 12.1. The number of carbonyl (C=O) groups is 2. The van der Waals surface area contributed by atoms with Crippen molar-refractivity contribution in [3.63, 3.8) is 0 Å². The number of hydrogen-bond donors (Lipinski definition) is 1. The van der Waals surface area contributed by atoms with E-state index in [-0.39, 0.29) is 23.5 Å². The number of thioether (sulfide) groups is 1. The molecule has 0 spiro atoms. The predicted molar refractivity (Wildman–Crippen MR) is 78.1 cm³/mol. The average molecular weight is 298 g/mol. The van der Waals surface area contributed by atoms with Crippen molar-refractivity contribution in [1.29, 1.82) is 5.26 Å². The number of carbonyl (C=O) groups excluding carboxylic acids is 2. The Morgan fingerprint density at radius 1 is 1.40 bits per heavy atom. The summed E-state index contributed by atoms with van der Waals surface area (Å²) >= 11 is 1.39. The lowest BCUT2D eigenvalue weighted by Crippen LogP contribution is -2.49. The van der Waals surface area contributed by atoms with Gasteiger partial charge in [-0.25, -0.2) is 0 Å². The lowest BCUT2D eigenvalue weighted by molar-refractivity contribution is -0.144. The van der Waals surface area contributed by atoms with Gasteiger partial charge in [0.05, 0.1) is 24.8 Å². The molecule has 0 saturated heterocycles. The van der Waals surface area contributed by atoms with Crippen molar-refractivity contribution in [1.82, 2.24) is 5.32 Å². The van der Waals surface area contributed by atoms with E-state index in [0.29, 0.717) is 5.75 Å². The molecule has 0 radical (unpaired) electrons. The topological polar surface area (TPSA) is 79.2 Å². The van der Waals surface area contributed by atoms with E-state index in [9.17, 15) is 14.9 Å². The Morgan fingerprint density at radius 2 is 2.05 bits per heavy atom. The number of hydrogen-bond acceptors (Lipinski definition) is 5. The third kappa shape index (κ3) is 5.04. The van der Waals surface area contributed by atoms with E-state index in [1.165, 1.54) is 18.9 Å². The standard InChI is InChI=1S/C14H22N2O3S/c1-11(13(18)19-2)8-20-9-12(17)16-14(10-15)6-4-3-5-7-14/h11H,3-9H2,1-2H3,(H,16,17). The Bertz CT molecular complexity index is 386. The lowest BCUT2D eigenvalue weighted by Gasteiger charge is -2.31. The predicted octanol–water partition coefficient (Wildman–Crippen LogP) is 1.87. The molecule has 5 nitrogen and oxygen atoms in total. The van der Waals surface area contributed by atoms with Crippen molar-refractivity contribution in [3.8, 4) is 6.07 Å². The zero-order valence-electron chi connectivity index (χ0n) is 12.1. The Kier molecular flexibility index (Phi) is 6.86. The van der Waals surface area contributed by atoms with Crippen LogP contribution >= 0.6 is 11.8 Å². The van der Waals surface area contributed by atoms with E-state index in [0.717, 1.165) is 32.1 Å². The zero-order chi connectivity index (χ0) is 15.0. The maximum absolute atomic E-state index is 11.9. The number of ether oxygens (including phenoxy) is 1. The van der Waals surface area contributed by atoms with Crippen molar-refractivity contribution in [3.05, 3.63) is 0 Å². The van der Waals surface area contributed by atoms with Gasteiger partial charge in [-0.2, -0.15) is 17.0 Å². The van der Waals surface area contributed by atoms with E-state index in [1.807, 2.05) is 0 Å². The number of nitrogens with one attached hydrogen (secondary N) is 1. The van der Waals surface area contributed by atoms with Gasteiger partial charge in [0.15, 0.2) is 0 Å². The van der Waals surface area contributed by atoms with Crippen LogP contribution in [-0.4, -0.2) is 36.0 Å². The van der Waals surface area contributed by atoms with Crippen LogP contribution in [0.15, 0.2) is 0 Å². The molecule has 0 aromatic heterocycles. The second-order valence-electron chi connectivity index (χ2n) is 5.24. The molecule has 1 aliphatic carbocycles. The van der Waals surface area contributed by atoms with Crippen LogP contribution < -0.4 is 5.32 Å². The molecule has 0 aromatic carbocycles. The van der Waals surface area contributed by atoms with Crippen LogP contribution in [0.1, 0.15) is 39.0 Å². The van der Waals surface area contributed by atoms with E-state index < -0.39 is 5.54 Å². The molecular formula is C14H22N2O3S. The summed E-state index contributed by atoms with van der Waals surface area (Å²) in [7, 11) is 1.36. The molecule has 0 aliphatic heterocycles. The first-order chi connectivity index (χ1) is 9.53. The third-order valence-corrected chi connectivity index (χ3v) is 4.71. The summed E-state index contributed by atoms with van der Waals surface area (Å²) in [5.74, 6) is 0.191. The number of nitrogens with zero attached hydrogens (tertiary/aromatic N) is 1. The molecule has 1 atom stereocenters. The van der Waals surface area contributed by atoms with Gasteiger partial charge in [0.1, 0.15) is 5.54 Å². The molecule has 20 heavy (non-hydrogen) atoms. The van der Waals surface area contributed by atoms with Crippen LogP contribution in [0.5, 0.6) is 0 Å². The van der Waals surface area contributed by atoms with E-state index in [1.54, 1.807) is 6.92 Å². The molecule has 1 saturated carbocycles. The molecule has 1 unspecified atom stereocenters. The van der Waals surface area contributed by atoms with Crippen molar-refractivity contribution in [2.45, 2.75) is 44.6 Å². The molecular weight excluding hydrogens is 276 g/mol. The zero-order valence-corrected chi connectivity index (χ0v) is 12.9. The molecule has 6 heteroatoms. The molecule has 112 valence electrons. The summed E-state index contributed by atoms with van der Waals surface area (Å²) in [6, 6.07) is 2.26. The van der Waals surface area contributed by atoms with E-state index in [2.05, 4.69) is 16.1 Å². The first-order valence-electron chi connectivity index (χ1n) is 6.91. The largest absolute Gasteiger partial charge is 0.469 e. The monoisotopic (exact) mass is 298 g/mol. The smallest absolute Gasteiger partial charge is 0.309 e. The third-order valence-electron chi connectivity index (χ3n) is 3.50. The molecule has 1 N–H and O–H groups in total. The maximum atomic E-state index is 11.9. The first-order valence-corrected chi connectivity index (χ1v) is 8.06. The molecule has 1 amide bonds. The van der Waals surface area contributed by atoms with Gasteiger partial charge in [-0.1, -0.05) is 26.2 Å². The summed E-state index contributed by atoms with van der Waals surface area (Å²) in [5.41, 5.74) is -0.677. The Hall–Kier alpha value is -1.22. The Balaban J connectivity index is 2.33. The van der Waals surface area contributed by atoms with Gasteiger partial charge in [0.25, 0.3) is 0 Å². The van der Waals surface area contributed by atoms with Crippen LogP contribution in [0.4, 0.5) is 0 Å². The summed E-state index contributed by atoms with van der Waals surface area (Å²) < 4.78 is 4.63. The second kappa shape index (κ2) is 8.15.